The summed E-state index contributed by atoms with van der Waals surface area (Å²) in [6.07, 6.45) is 1.81. The van der Waals surface area contributed by atoms with E-state index in [0.29, 0.717) is 6.54 Å². The predicted molar refractivity (Wildman–Crippen MR) is 82.7 cm³/mol. The standard InChI is InChI=1S/C17H25FN2O/c1-17(2,3)19-16(21)12-20-10-8-13(9-11-20)14-6-4-5-7-15(14)18/h4-7,13H,8-12H2,1-3H3,(H,19,21). The van der Waals surface area contributed by atoms with Gasteiger partial charge in [0.05, 0.1) is 6.54 Å². The van der Waals surface area contributed by atoms with Gasteiger partial charge in [0.1, 0.15) is 5.82 Å². The van der Waals surface area contributed by atoms with Gasteiger partial charge in [0.15, 0.2) is 0 Å². The lowest BCUT2D eigenvalue weighted by Gasteiger charge is -2.32. The highest BCUT2D eigenvalue weighted by Gasteiger charge is 2.24. The number of halogens is 1. The molecule has 0 aromatic heterocycles. The van der Waals surface area contributed by atoms with Crippen LogP contribution in [-0.2, 0) is 4.79 Å². The highest BCUT2D eigenvalue weighted by atomic mass is 19.1. The topological polar surface area (TPSA) is 32.3 Å². The SMILES string of the molecule is CC(C)(C)NC(=O)CN1CCC(c2ccccc2F)CC1. The first kappa shape index (κ1) is 16.0. The van der Waals surface area contributed by atoms with E-state index in [2.05, 4.69) is 10.2 Å². The minimum Gasteiger partial charge on any atom is -0.350 e. The maximum Gasteiger partial charge on any atom is 0.234 e. The normalized spacial score (nSPS) is 17.7. The maximum atomic E-state index is 13.8. The van der Waals surface area contributed by atoms with Crippen LogP contribution >= 0.6 is 0 Å². The number of likely N-dealkylation sites (tertiary alicyclic amines) is 1. The fraction of sp³-hybridized carbons (Fsp3) is 0.588. The highest BCUT2D eigenvalue weighted by Crippen LogP contribution is 2.29. The first-order valence-electron chi connectivity index (χ1n) is 7.63. The summed E-state index contributed by atoms with van der Waals surface area (Å²) in [4.78, 5) is 14.1. The molecule has 3 nitrogen and oxygen atoms in total. The summed E-state index contributed by atoms with van der Waals surface area (Å²) in [6.45, 7) is 8.06. The number of hydrogen-bond donors (Lipinski definition) is 1. The molecule has 0 aliphatic carbocycles. The van der Waals surface area contributed by atoms with Crippen LogP contribution in [0.15, 0.2) is 24.3 Å². The zero-order valence-corrected chi connectivity index (χ0v) is 13.2. The molecule has 1 fully saturated rings. The number of carbonyl (C=O) groups is 1. The van der Waals surface area contributed by atoms with E-state index in [9.17, 15) is 9.18 Å². The molecule has 1 aliphatic heterocycles. The van der Waals surface area contributed by atoms with Crippen molar-refractivity contribution in [2.75, 3.05) is 19.6 Å². The van der Waals surface area contributed by atoms with Crippen LogP contribution in [0, 0.1) is 5.82 Å². The molecular formula is C17H25FN2O. The van der Waals surface area contributed by atoms with Gasteiger partial charge in [-0.3, -0.25) is 9.69 Å². The Morgan fingerprint density at radius 3 is 2.48 bits per heavy atom. The van der Waals surface area contributed by atoms with Crippen LogP contribution in [0.25, 0.3) is 0 Å². The van der Waals surface area contributed by atoms with E-state index in [0.717, 1.165) is 31.5 Å². The molecular weight excluding hydrogens is 267 g/mol. The number of piperidine rings is 1. The van der Waals surface area contributed by atoms with E-state index < -0.39 is 0 Å². The first-order chi connectivity index (χ1) is 9.85. The molecule has 1 aliphatic rings. The van der Waals surface area contributed by atoms with E-state index >= 15 is 0 Å². The number of rotatable bonds is 3. The number of carbonyl (C=O) groups excluding carboxylic acids is 1. The van der Waals surface area contributed by atoms with Gasteiger partial charge in [-0.05, 0) is 64.3 Å². The molecule has 1 N–H and O–H groups in total. The summed E-state index contributed by atoms with van der Waals surface area (Å²) in [7, 11) is 0. The third-order valence-electron chi connectivity index (χ3n) is 3.81. The predicted octanol–water partition coefficient (Wildman–Crippen LogP) is 2.92. The Morgan fingerprint density at radius 1 is 1.29 bits per heavy atom. The Balaban J connectivity index is 1.84. The summed E-state index contributed by atoms with van der Waals surface area (Å²) >= 11 is 0. The molecule has 0 spiro atoms. The van der Waals surface area contributed by atoms with Gasteiger partial charge in [-0.1, -0.05) is 18.2 Å². The van der Waals surface area contributed by atoms with Crippen LogP contribution < -0.4 is 5.32 Å². The molecule has 21 heavy (non-hydrogen) atoms. The third kappa shape index (κ3) is 4.81. The Hall–Kier alpha value is -1.42. The van der Waals surface area contributed by atoms with Crippen LogP contribution in [0.2, 0.25) is 0 Å². The number of nitrogens with one attached hydrogen (secondary N) is 1. The quantitative estimate of drug-likeness (QED) is 0.929. The van der Waals surface area contributed by atoms with Crippen molar-refractivity contribution in [3.8, 4) is 0 Å². The fourth-order valence-corrected chi connectivity index (χ4v) is 2.87. The Morgan fingerprint density at radius 2 is 1.90 bits per heavy atom. The third-order valence-corrected chi connectivity index (χ3v) is 3.81. The van der Waals surface area contributed by atoms with Crippen LogP contribution in [0.4, 0.5) is 4.39 Å². The lowest BCUT2D eigenvalue weighted by atomic mass is 9.89. The smallest absolute Gasteiger partial charge is 0.234 e. The summed E-state index contributed by atoms with van der Waals surface area (Å²) in [5, 5.41) is 2.98. The second-order valence-corrected chi connectivity index (χ2v) is 6.87. The Labute approximate surface area is 126 Å². The van der Waals surface area contributed by atoms with Crippen molar-refractivity contribution in [2.24, 2.45) is 0 Å². The Bertz CT molecular complexity index is 488. The molecule has 0 saturated carbocycles. The van der Waals surface area contributed by atoms with Gasteiger partial charge >= 0.3 is 0 Å². The zero-order valence-electron chi connectivity index (χ0n) is 13.2. The molecule has 1 aromatic rings. The minimum atomic E-state index is -0.192. The van der Waals surface area contributed by atoms with E-state index in [-0.39, 0.29) is 23.2 Å². The monoisotopic (exact) mass is 292 g/mol. The van der Waals surface area contributed by atoms with Crippen LogP contribution in [0.3, 0.4) is 0 Å². The number of hydrogen-bond acceptors (Lipinski definition) is 2. The highest BCUT2D eigenvalue weighted by molar-refractivity contribution is 5.78. The number of nitrogens with zero attached hydrogens (tertiary/aromatic N) is 1. The maximum absolute atomic E-state index is 13.8. The largest absolute Gasteiger partial charge is 0.350 e. The minimum absolute atomic E-state index is 0.0619. The molecule has 0 radical (unpaired) electrons. The second-order valence-electron chi connectivity index (χ2n) is 6.87. The average molecular weight is 292 g/mol. The molecule has 1 aromatic carbocycles. The van der Waals surface area contributed by atoms with Crippen molar-refractivity contribution in [1.29, 1.82) is 0 Å². The number of benzene rings is 1. The summed E-state index contributed by atoms with van der Waals surface area (Å²) in [5.41, 5.74) is 0.624. The van der Waals surface area contributed by atoms with Gasteiger partial charge in [-0.25, -0.2) is 4.39 Å². The molecule has 1 amide bonds. The Kier molecular flexibility index (Phi) is 4.99. The van der Waals surface area contributed by atoms with Gasteiger partial charge in [0.2, 0.25) is 5.91 Å². The average Bonchev–Trinajstić information content (AvgIpc) is 2.38. The van der Waals surface area contributed by atoms with Gasteiger partial charge in [0.25, 0.3) is 0 Å². The van der Waals surface area contributed by atoms with Crippen molar-refractivity contribution < 1.29 is 9.18 Å². The molecule has 0 bridgehead atoms. The summed E-state index contributed by atoms with van der Waals surface area (Å²) in [6, 6.07) is 7.02. The summed E-state index contributed by atoms with van der Waals surface area (Å²) in [5.74, 6) is 0.224. The number of amides is 1. The zero-order chi connectivity index (χ0) is 15.5. The fourth-order valence-electron chi connectivity index (χ4n) is 2.87. The lowest BCUT2D eigenvalue weighted by Crippen LogP contribution is -2.47. The van der Waals surface area contributed by atoms with Crippen molar-refractivity contribution in [3.05, 3.63) is 35.6 Å². The molecule has 1 heterocycles. The van der Waals surface area contributed by atoms with E-state index in [4.69, 9.17) is 0 Å². The molecule has 0 atom stereocenters. The summed E-state index contributed by atoms with van der Waals surface area (Å²) < 4.78 is 13.8. The molecule has 1 saturated heterocycles. The van der Waals surface area contributed by atoms with Crippen molar-refractivity contribution in [2.45, 2.75) is 45.1 Å². The van der Waals surface area contributed by atoms with Crippen molar-refractivity contribution in [3.63, 3.8) is 0 Å². The second kappa shape index (κ2) is 6.56. The van der Waals surface area contributed by atoms with E-state index in [1.54, 1.807) is 6.07 Å². The molecule has 2 rings (SSSR count). The van der Waals surface area contributed by atoms with Crippen molar-refractivity contribution in [1.82, 2.24) is 10.2 Å². The molecule has 0 unspecified atom stereocenters. The van der Waals surface area contributed by atoms with Gasteiger partial charge in [-0.15, -0.1) is 0 Å². The molecule has 116 valence electrons. The van der Waals surface area contributed by atoms with Gasteiger partial charge < -0.3 is 5.32 Å². The van der Waals surface area contributed by atoms with Gasteiger partial charge in [-0.2, -0.15) is 0 Å². The van der Waals surface area contributed by atoms with E-state index in [1.165, 1.54) is 6.07 Å². The van der Waals surface area contributed by atoms with Crippen LogP contribution in [-0.4, -0.2) is 36.0 Å². The van der Waals surface area contributed by atoms with Crippen LogP contribution in [0.5, 0.6) is 0 Å². The lowest BCUT2D eigenvalue weighted by molar-refractivity contribution is -0.123. The van der Waals surface area contributed by atoms with Gasteiger partial charge in [0, 0.05) is 5.54 Å². The first-order valence-corrected chi connectivity index (χ1v) is 7.63. The van der Waals surface area contributed by atoms with E-state index in [1.807, 2.05) is 32.9 Å². The van der Waals surface area contributed by atoms with Crippen molar-refractivity contribution >= 4 is 5.91 Å². The molecule has 4 heteroatoms. The van der Waals surface area contributed by atoms with Crippen LogP contribution in [0.1, 0.15) is 45.1 Å².